The Bertz CT molecular complexity index is 613. The molecule has 3 rings (SSSR count). The summed E-state index contributed by atoms with van der Waals surface area (Å²) in [6, 6.07) is -0.182. The quantitative estimate of drug-likeness (QED) is 0.808. The number of hydrogen-bond donors (Lipinski definition) is 2. The number of amides is 3. The van der Waals surface area contributed by atoms with Gasteiger partial charge in [0.15, 0.2) is 0 Å². The van der Waals surface area contributed by atoms with Gasteiger partial charge in [-0.2, -0.15) is 0 Å². The molecule has 9 nitrogen and oxygen atoms in total. The largest absolute Gasteiger partial charge is 0.376 e. The van der Waals surface area contributed by atoms with Gasteiger partial charge in [0, 0.05) is 33.7 Å². The van der Waals surface area contributed by atoms with E-state index in [2.05, 4.69) is 20.7 Å². The lowest BCUT2D eigenvalue weighted by Gasteiger charge is -2.45. The van der Waals surface area contributed by atoms with Gasteiger partial charge in [-0.05, 0) is 31.1 Å². The molecule has 0 saturated carbocycles. The van der Waals surface area contributed by atoms with Crippen LogP contribution in [0.25, 0.3) is 0 Å². The van der Waals surface area contributed by atoms with E-state index in [1.165, 1.54) is 0 Å². The molecular weight excluding hydrogens is 324 g/mol. The molecule has 25 heavy (non-hydrogen) atoms. The lowest BCUT2D eigenvalue weighted by Crippen LogP contribution is -2.49. The second kappa shape index (κ2) is 7.38. The van der Waals surface area contributed by atoms with Crippen molar-refractivity contribution < 1.29 is 14.3 Å². The molecular formula is C16H26N6O3. The van der Waals surface area contributed by atoms with Gasteiger partial charge < -0.3 is 20.3 Å². The van der Waals surface area contributed by atoms with Crippen LogP contribution in [0.4, 0.5) is 4.79 Å². The Labute approximate surface area is 147 Å². The van der Waals surface area contributed by atoms with Crippen molar-refractivity contribution in [2.75, 3.05) is 33.3 Å². The maximum absolute atomic E-state index is 12.4. The smallest absolute Gasteiger partial charge is 0.314 e. The Balaban J connectivity index is 1.46. The van der Waals surface area contributed by atoms with E-state index in [4.69, 9.17) is 4.74 Å². The third-order valence-electron chi connectivity index (χ3n) is 5.24. The molecule has 2 aliphatic heterocycles. The zero-order valence-electron chi connectivity index (χ0n) is 14.8. The van der Waals surface area contributed by atoms with Gasteiger partial charge in [0.1, 0.15) is 6.33 Å². The Morgan fingerprint density at radius 1 is 1.36 bits per heavy atom. The van der Waals surface area contributed by atoms with E-state index in [1.54, 1.807) is 25.1 Å². The summed E-state index contributed by atoms with van der Waals surface area (Å²) in [5.41, 5.74) is 0.151. The lowest BCUT2D eigenvalue weighted by molar-refractivity contribution is -0.0807. The van der Waals surface area contributed by atoms with Crippen molar-refractivity contribution in [1.82, 2.24) is 30.3 Å². The molecule has 3 heterocycles. The van der Waals surface area contributed by atoms with Gasteiger partial charge in [0.05, 0.1) is 12.7 Å². The van der Waals surface area contributed by atoms with Crippen LogP contribution in [-0.4, -0.2) is 71.0 Å². The molecule has 9 heteroatoms. The lowest BCUT2D eigenvalue weighted by atomic mass is 9.73. The molecule has 1 aromatic rings. The summed E-state index contributed by atoms with van der Waals surface area (Å²) in [5, 5.41) is 9.42. The third-order valence-corrected chi connectivity index (χ3v) is 5.24. The fourth-order valence-electron chi connectivity index (χ4n) is 3.53. The van der Waals surface area contributed by atoms with E-state index in [9.17, 15) is 9.59 Å². The molecule has 0 radical (unpaired) electrons. The first-order chi connectivity index (χ1) is 12.0. The summed E-state index contributed by atoms with van der Waals surface area (Å²) < 4.78 is 7.52. The molecule has 138 valence electrons. The molecule has 1 unspecified atom stereocenters. The van der Waals surface area contributed by atoms with Crippen molar-refractivity contribution in [3.63, 3.8) is 0 Å². The van der Waals surface area contributed by atoms with Gasteiger partial charge in [0.25, 0.3) is 5.91 Å². The minimum absolute atomic E-state index is 0.0697. The predicted octanol–water partition coefficient (Wildman–Crippen LogP) is 0.146. The van der Waals surface area contributed by atoms with E-state index < -0.39 is 0 Å². The maximum atomic E-state index is 12.4. The summed E-state index contributed by atoms with van der Waals surface area (Å²) >= 11 is 0. The minimum atomic E-state index is -0.182. The van der Waals surface area contributed by atoms with E-state index in [0.29, 0.717) is 26.2 Å². The van der Waals surface area contributed by atoms with Gasteiger partial charge >= 0.3 is 6.03 Å². The Hall–Kier alpha value is -2.16. The van der Waals surface area contributed by atoms with Gasteiger partial charge in [-0.1, -0.05) is 0 Å². The van der Waals surface area contributed by atoms with Crippen molar-refractivity contribution in [3.05, 3.63) is 12.2 Å². The number of rotatable bonds is 3. The standard InChI is InChI=1S/C16H26N6O3/c1-17-15(24)18-9-12-3-4-16(10-25-12)5-7-22(8-6-16)14(23)13-19-11-21(2)20-13/h11-12H,3-10H2,1-2H3,(H2,17,18,24). The maximum Gasteiger partial charge on any atom is 0.314 e. The number of piperidine rings is 1. The first-order valence-electron chi connectivity index (χ1n) is 8.73. The molecule has 0 bridgehead atoms. The van der Waals surface area contributed by atoms with Gasteiger partial charge in [-0.25, -0.2) is 9.78 Å². The van der Waals surface area contributed by atoms with Crippen LogP contribution in [0.3, 0.4) is 0 Å². The van der Waals surface area contributed by atoms with Crippen LogP contribution in [0.1, 0.15) is 36.3 Å². The van der Waals surface area contributed by atoms with Crippen molar-refractivity contribution in [1.29, 1.82) is 0 Å². The molecule has 0 aliphatic carbocycles. The number of hydrogen-bond acceptors (Lipinski definition) is 5. The van der Waals surface area contributed by atoms with Crippen LogP contribution in [-0.2, 0) is 11.8 Å². The van der Waals surface area contributed by atoms with Crippen molar-refractivity contribution in [2.24, 2.45) is 12.5 Å². The predicted molar refractivity (Wildman–Crippen MR) is 90.0 cm³/mol. The summed E-state index contributed by atoms with van der Waals surface area (Å²) in [7, 11) is 3.35. The van der Waals surface area contributed by atoms with E-state index in [-0.39, 0.29) is 29.3 Å². The zero-order chi connectivity index (χ0) is 17.9. The average molecular weight is 350 g/mol. The average Bonchev–Trinajstić information content (AvgIpc) is 3.07. The van der Waals surface area contributed by atoms with Crippen molar-refractivity contribution in [3.8, 4) is 0 Å². The molecule has 1 aromatic heterocycles. The van der Waals surface area contributed by atoms with Crippen molar-refractivity contribution in [2.45, 2.75) is 31.8 Å². The highest BCUT2D eigenvalue weighted by atomic mass is 16.5. The summed E-state index contributed by atoms with van der Waals surface area (Å²) in [4.78, 5) is 29.5. The second-order valence-corrected chi connectivity index (χ2v) is 6.97. The normalized spacial score (nSPS) is 22.6. The molecule has 2 saturated heterocycles. The first kappa shape index (κ1) is 17.7. The fraction of sp³-hybridized carbons (Fsp3) is 0.750. The molecule has 1 atom stereocenters. The Morgan fingerprint density at radius 2 is 2.12 bits per heavy atom. The van der Waals surface area contributed by atoms with Gasteiger partial charge in [-0.3, -0.25) is 9.48 Å². The fourth-order valence-corrected chi connectivity index (χ4v) is 3.53. The number of carbonyl (C=O) groups excluding carboxylic acids is 2. The van der Waals surface area contributed by atoms with Crippen LogP contribution >= 0.6 is 0 Å². The van der Waals surface area contributed by atoms with Crippen LogP contribution in [0, 0.1) is 5.41 Å². The summed E-state index contributed by atoms with van der Waals surface area (Å²) in [6.45, 7) is 2.64. The topological polar surface area (TPSA) is 101 Å². The Kier molecular flexibility index (Phi) is 5.22. The molecule has 2 N–H and O–H groups in total. The van der Waals surface area contributed by atoms with Crippen LogP contribution < -0.4 is 10.6 Å². The number of likely N-dealkylation sites (tertiary alicyclic amines) is 1. The highest BCUT2D eigenvalue weighted by Crippen LogP contribution is 2.40. The van der Waals surface area contributed by atoms with E-state index in [0.717, 1.165) is 25.7 Å². The number of aryl methyl sites for hydroxylation is 1. The number of aromatic nitrogens is 3. The van der Waals surface area contributed by atoms with Crippen LogP contribution in [0.2, 0.25) is 0 Å². The second-order valence-electron chi connectivity index (χ2n) is 6.97. The van der Waals surface area contributed by atoms with Gasteiger partial charge in [-0.15, -0.1) is 5.10 Å². The highest BCUT2D eigenvalue weighted by Gasteiger charge is 2.40. The molecule has 0 aromatic carbocycles. The number of carbonyl (C=O) groups is 2. The molecule has 1 spiro atoms. The number of nitrogens with zero attached hydrogens (tertiary/aromatic N) is 4. The number of urea groups is 1. The molecule has 2 fully saturated rings. The zero-order valence-corrected chi connectivity index (χ0v) is 14.8. The summed E-state index contributed by atoms with van der Waals surface area (Å²) in [5.74, 6) is 0.165. The summed E-state index contributed by atoms with van der Waals surface area (Å²) in [6.07, 6.45) is 5.47. The Morgan fingerprint density at radius 3 is 2.68 bits per heavy atom. The monoisotopic (exact) mass is 350 g/mol. The first-order valence-corrected chi connectivity index (χ1v) is 8.73. The van der Waals surface area contributed by atoms with Crippen LogP contribution in [0.5, 0.6) is 0 Å². The van der Waals surface area contributed by atoms with Crippen LogP contribution in [0.15, 0.2) is 6.33 Å². The van der Waals surface area contributed by atoms with E-state index >= 15 is 0 Å². The minimum Gasteiger partial charge on any atom is -0.376 e. The van der Waals surface area contributed by atoms with E-state index in [1.807, 2.05) is 4.90 Å². The number of ether oxygens (including phenoxy) is 1. The highest BCUT2D eigenvalue weighted by molar-refractivity contribution is 5.90. The molecule has 3 amide bonds. The number of nitrogens with one attached hydrogen (secondary N) is 2. The SMILES string of the molecule is CNC(=O)NCC1CCC2(CCN(C(=O)c3ncn(C)n3)CC2)CO1. The van der Waals surface area contributed by atoms with Gasteiger partial charge in [0.2, 0.25) is 5.82 Å². The van der Waals surface area contributed by atoms with Crippen molar-refractivity contribution >= 4 is 11.9 Å². The third kappa shape index (κ3) is 4.09. The molecule has 2 aliphatic rings.